The summed E-state index contributed by atoms with van der Waals surface area (Å²) in [5.41, 5.74) is 2.08. The lowest BCUT2D eigenvalue weighted by atomic mass is 10.1. The van der Waals surface area contributed by atoms with Gasteiger partial charge in [0.1, 0.15) is 6.07 Å². The molecule has 0 saturated heterocycles. The fourth-order valence-electron chi connectivity index (χ4n) is 2.44. The minimum atomic E-state index is -1.51. The second-order valence-electron chi connectivity index (χ2n) is 6.53. The first-order valence-electron chi connectivity index (χ1n) is 9.14. The average molecular weight is 481 g/mol. The van der Waals surface area contributed by atoms with Gasteiger partial charge in [-0.3, -0.25) is 15.0 Å². The van der Waals surface area contributed by atoms with Crippen LogP contribution in [0.15, 0.2) is 28.1 Å². The van der Waals surface area contributed by atoms with Crippen LogP contribution in [0.25, 0.3) is 0 Å². The number of nitrogens with one attached hydrogen (secondary N) is 2. The van der Waals surface area contributed by atoms with E-state index < -0.39 is 17.7 Å². The Morgan fingerprint density at radius 3 is 2.47 bits per heavy atom. The molecule has 13 heteroatoms. The van der Waals surface area contributed by atoms with E-state index in [0.717, 1.165) is 0 Å². The van der Waals surface area contributed by atoms with E-state index in [1.54, 1.807) is 0 Å². The van der Waals surface area contributed by atoms with Crippen molar-refractivity contribution >= 4 is 46.6 Å². The highest BCUT2D eigenvalue weighted by Crippen LogP contribution is 2.38. The molecule has 2 aromatic rings. The van der Waals surface area contributed by atoms with Gasteiger partial charge in [-0.15, -0.1) is 5.10 Å². The highest BCUT2D eigenvalue weighted by molar-refractivity contribution is 6.46. The predicted octanol–water partition coefficient (Wildman–Crippen LogP) is 3.81. The first-order chi connectivity index (χ1) is 15.1. The van der Waals surface area contributed by atoms with Gasteiger partial charge in [-0.05, 0) is 25.0 Å². The Hall–Kier alpha value is -3.62. The number of rotatable bonds is 7. The number of carbonyl (C=O) groups excluding carboxylic acids is 1. The molecule has 32 heavy (non-hydrogen) atoms. The smallest absolute Gasteiger partial charge is 0.414 e. The van der Waals surface area contributed by atoms with Crippen LogP contribution in [0.4, 0.5) is 10.5 Å². The highest BCUT2D eigenvalue weighted by atomic mass is 35.5. The van der Waals surface area contributed by atoms with Gasteiger partial charge in [0.25, 0.3) is 11.5 Å². The average Bonchev–Trinajstić information content (AvgIpc) is 2.72. The molecule has 168 valence electrons. The number of hydrogen-bond donors (Lipinski definition) is 3. The number of nitrogens with zero attached hydrogens (tertiary/aromatic N) is 4. The number of aromatic amines is 1. The molecule has 1 aromatic carbocycles. The van der Waals surface area contributed by atoms with Gasteiger partial charge in [0.05, 0.1) is 15.7 Å². The third kappa shape index (κ3) is 5.75. The molecular weight excluding hydrogens is 463 g/mol. The van der Waals surface area contributed by atoms with Gasteiger partial charge in [0, 0.05) is 18.2 Å². The van der Waals surface area contributed by atoms with E-state index in [1.807, 2.05) is 13.8 Å². The molecule has 0 saturated carbocycles. The van der Waals surface area contributed by atoms with E-state index >= 15 is 0 Å². The maximum absolute atomic E-state index is 12.1. The number of hydrazone groups is 1. The molecule has 0 fully saturated rings. The zero-order valence-electron chi connectivity index (χ0n) is 17.1. The Kier molecular flexibility index (Phi) is 8.17. The molecule has 0 bridgehead atoms. The molecule has 2 rings (SSSR count). The number of anilines is 1. The summed E-state index contributed by atoms with van der Waals surface area (Å²) in [5, 5.41) is 28.0. The number of imide groups is 1. The van der Waals surface area contributed by atoms with Crippen LogP contribution in [0.1, 0.15) is 32.3 Å². The third-order valence-electron chi connectivity index (χ3n) is 4.03. The molecule has 0 unspecified atom stereocenters. The van der Waals surface area contributed by atoms with E-state index in [9.17, 15) is 14.4 Å². The minimum absolute atomic E-state index is 0.0415. The zero-order valence-corrected chi connectivity index (χ0v) is 18.7. The van der Waals surface area contributed by atoms with Crippen molar-refractivity contribution in [2.24, 2.45) is 5.10 Å². The maximum atomic E-state index is 12.1. The van der Waals surface area contributed by atoms with Gasteiger partial charge >= 0.3 is 6.09 Å². The van der Waals surface area contributed by atoms with Gasteiger partial charge in [0.2, 0.25) is 11.6 Å². The van der Waals surface area contributed by atoms with E-state index in [4.69, 9.17) is 38.3 Å². The zero-order chi connectivity index (χ0) is 24.0. The van der Waals surface area contributed by atoms with Gasteiger partial charge in [-0.1, -0.05) is 37.0 Å². The molecule has 2 amide bonds. The van der Waals surface area contributed by atoms with Crippen LogP contribution in [-0.2, 0) is 4.79 Å². The van der Waals surface area contributed by atoms with Crippen molar-refractivity contribution in [2.75, 3.05) is 12.0 Å². The minimum Gasteiger partial charge on any atom is -0.465 e. The number of H-pyrrole nitrogens is 1. The maximum Gasteiger partial charge on any atom is 0.414 e. The van der Waals surface area contributed by atoms with Crippen LogP contribution < -0.4 is 15.7 Å². The quantitative estimate of drug-likeness (QED) is 0.397. The molecule has 0 spiro atoms. The number of ether oxygens (including phenoxy) is 1. The van der Waals surface area contributed by atoms with Crippen LogP contribution in [0.5, 0.6) is 11.6 Å². The Labute approximate surface area is 192 Å². The van der Waals surface area contributed by atoms with Crippen molar-refractivity contribution in [3.63, 3.8) is 0 Å². The van der Waals surface area contributed by atoms with Crippen LogP contribution >= 0.6 is 23.2 Å². The Bertz CT molecular complexity index is 1150. The van der Waals surface area contributed by atoms with Crippen LogP contribution in [-0.4, -0.2) is 44.5 Å². The number of halogens is 2. The normalized spacial score (nSPS) is 11.1. The molecule has 0 aliphatic carbocycles. The van der Waals surface area contributed by atoms with Crippen molar-refractivity contribution in [1.82, 2.24) is 15.1 Å². The number of carboxylic acid groups (broad SMARTS) is 1. The lowest BCUT2D eigenvalue weighted by Crippen LogP contribution is -2.40. The standard InChI is InChI=1S/C19H18Cl2N6O5/c1-4-27(19(30)31)18(29)14(8-22)24-23-10-5-12(20)16(13(21)6-10)32-15-7-11(9(2)3)17(28)26-25-15/h5-7,9,23H,4H2,1-3H3,(H,26,28)(H,30,31). The summed E-state index contributed by atoms with van der Waals surface area (Å²) < 4.78 is 5.61. The summed E-state index contributed by atoms with van der Waals surface area (Å²) in [6.07, 6.45) is -1.51. The van der Waals surface area contributed by atoms with Crippen LogP contribution in [0.3, 0.4) is 0 Å². The van der Waals surface area contributed by atoms with Crippen molar-refractivity contribution < 1.29 is 19.4 Å². The summed E-state index contributed by atoms with van der Waals surface area (Å²) in [5.74, 6) is -1.03. The second-order valence-corrected chi connectivity index (χ2v) is 7.35. The third-order valence-corrected chi connectivity index (χ3v) is 4.59. The molecule has 3 N–H and O–H groups in total. The number of aromatic nitrogens is 2. The van der Waals surface area contributed by atoms with Gasteiger partial charge in [0.15, 0.2) is 5.75 Å². The lowest BCUT2D eigenvalue weighted by molar-refractivity contribution is -0.121. The number of nitriles is 1. The largest absolute Gasteiger partial charge is 0.465 e. The Morgan fingerprint density at radius 2 is 1.97 bits per heavy atom. The van der Waals surface area contributed by atoms with E-state index in [1.165, 1.54) is 31.2 Å². The highest BCUT2D eigenvalue weighted by Gasteiger charge is 2.24. The van der Waals surface area contributed by atoms with Crippen LogP contribution in [0, 0.1) is 11.3 Å². The summed E-state index contributed by atoms with van der Waals surface area (Å²) in [7, 11) is 0. The molecule has 1 aromatic heterocycles. The van der Waals surface area contributed by atoms with Gasteiger partial charge in [-0.25, -0.2) is 14.8 Å². The molecule has 0 radical (unpaired) electrons. The number of benzene rings is 1. The molecule has 1 heterocycles. The number of amides is 2. The fraction of sp³-hybridized carbons (Fsp3) is 0.263. The second kappa shape index (κ2) is 10.6. The van der Waals surface area contributed by atoms with Gasteiger partial charge in [-0.2, -0.15) is 10.4 Å². The fourth-order valence-corrected chi connectivity index (χ4v) is 3.01. The van der Waals surface area contributed by atoms with Gasteiger partial charge < -0.3 is 9.84 Å². The van der Waals surface area contributed by atoms with Crippen molar-refractivity contribution in [3.05, 3.63) is 44.2 Å². The Balaban J connectivity index is 2.28. The van der Waals surface area contributed by atoms with Crippen LogP contribution in [0.2, 0.25) is 10.0 Å². The molecule has 0 aliphatic rings. The topological polar surface area (TPSA) is 161 Å². The van der Waals surface area contributed by atoms with E-state index in [0.29, 0.717) is 10.5 Å². The van der Waals surface area contributed by atoms with Crippen molar-refractivity contribution in [2.45, 2.75) is 26.7 Å². The van der Waals surface area contributed by atoms with Crippen molar-refractivity contribution in [1.29, 1.82) is 5.26 Å². The SMILES string of the molecule is CCN(C(=O)O)C(=O)C(C#N)=NNc1cc(Cl)c(Oc2cc(C(C)C)c(=O)[nH]n2)c(Cl)c1. The Morgan fingerprint density at radius 1 is 1.34 bits per heavy atom. The molecular formula is C19H18Cl2N6O5. The number of hydrogen-bond acceptors (Lipinski definition) is 8. The monoisotopic (exact) mass is 480 g/mol. The lowest BCUT2D eigenvalue weighted by Gasteiger charge is -2.14. The summed E-state index contributed by atoms with van der Waals surface area (Å²) in [6.45, 7) is 4.96. The van der Waals surface area contributed by atoms with E-state index in [2.05, 4.69) is 20.7 Å². The molecule has 0 aliphatic heterocycles. The summed E-state index contributed by atoms with van der Waals surface area (Å²) in [6, 6.07) is 5.72. The molecule has 0 atom stereocenters. The molecule has 11 nitrogen and oxygen atoms in total. The first kappa shape index (κ1) is 24.6. The summed E-state index contributed by atoms with van der Waals surface area (Å²) in [4.78, 5) is 35.4. The summed E-state index contributed by atoms with van der Waals surface area (Å²) >= 11 is 12.5. The number of carbonyl (C=O) groups is 2. The van der Waals surface area contributed by atoms with E-state index in [-0.39, 0.29) is 45.4 Å². The first-order valence-corrected chi connectivity index (χ1v) is 9.89. The van der Waals surface area contributed by atoms with Crippen molar-refractivity contribution in [3.8, 4) is 17.7 Å². The predicted molar refractivity (Wildman–Crippen MR) is 118 cm³/mol.